The summed E-state index contributed by atoms with van der Waals surface area (Å²) >= 11 is 2.21. The van der Waals surface area contributed by atoms with Crippen LogP contribution in [0.25, 0.3) is 11.4 Å². The van der Waals surface area contributed by atoms with Crippen molar-refractivity contribution in [2.24, 2.45) is 7.05 Å². The first-order valence-corrected chi connectivity index (χ1v) is 5.65. The van der Waals surface area contributed by atoms with E-state index in [1.165, 1.54) is 0 Å². The number of nitrogens with zero attached hydrogens (tertiary/aromatic N) is 6. The molecule has 0 aliphatic carbocycles. The van der Waals surface area contributed by atoms with Crippen LogP contribution in [0.1, 0.15) is 19.9 Å². The van der Waals surface area contributed by atoms with E-state index >= 15 is 0 Å². The molecule has 0 atom stereocenters. The molecule has 2 rings (SSSR count). The highest BCUT2D eigenvalue weighted by Crippen LogP contribution is 2.20. The summed E-state index contributed by atoms with van der Waals surface area (Å²) in [5.41, 5.74) is 0.921. The molecule has 0 saturated carbocycles. The van der Waals surface area contributed by atoms with Crippen LogP contribution in [-0.4, -0.2) is 30.0 Å². The molecule has 0 spiro atoms. The van der Waals surface area contributed by atoms with Crippen LogP contribution in [0.5, 0.6) is 0 Å². The predicted octanol–water partition coefficient (Wildman–Crippen LogP) is 1.26. The van der Waals surface area contributed by atoms with E-state index in [4.69, 9.17) is 0 Å². The summed E-state index contributed by atoms with van der Waals surface area (Å²) in [6.07, 6.45) is 1.75. The first-order valence-electron chi connectivity index (χ1n) is 4.57. The van der Waals surface area contributed by atoms with Gasteiger partial charge in [-0.3, -0.25) is 4.68 Å². The summed E-state index contributed by atoms with van der Waals surface area (Å²) in [5.74, 6) is 0.626. The van der Waals surface area contributed by atoms with E-state index in [-0.39, 0.29) is 6.04 Å². The van der Waals surface area contributed by atoms with Crippen LogP contribution < -0.4 is 0 Å². The fraction of sp³-hybridized carbons (Fsp3) is 0.500. The number of halogens is 1. The third kappa shape index (κ3) is 1.87. The van der Waals surface area contributed by atoms with Crippen LogP contribution in [-0.2, 0) is 7.05 Å². The van der Waals surface area contributed by atoms with E-state index in [1.807, 2.05) is 20.9 Å². The summed E-state index contributed by atoms with van der Waals surface area (Å²) < 4.78 is 2.79. The van der Waals surface area contributed by atoms with E-state index in [1.54, 1.807) is 15.7 Å². The van der Waals surface area contributed by atoms with Crippen LogP contribution in [0, 0.1) is 3.70 Å². The highest BCUT2D eigenvalue weighted by atomic mass is 127. The summed E-state index contributed by atoms with van der Waals surface area (Å²) in [6.45, 7) is 4.03. The van der Waals surface area contributed by atoms with Gasteiger partial charge in [0, 0.05) is 7.05 Å². The summed E-state index contributed by atoms with van der Waals surface area (Å²) in [7, 11) is 1.89. The maximum Gasteiger partial charge on any atom is 0.209 e. The van der Waals surface area contributed by atoms with Crippen molar-refractivity contribution >= 4 is 22.6 Å². The average molecular weight is 318 g/mol. The largest absolute Gasteiger partial charge is 0.262 e. The van der Waals surface area contributed by atoms with Gasteiger partial charge in [-0.2, -0.15) is 9.90 Å². The predicted molar refractivity (Wildman–Crippen MR) is 63.1 cm³/mol. The molecule has 7 heteroatoms. The van der Waals surface area contributed by atoms with Gasteiger partial charge >= 0.3 is 0 Å². The fourth-order valence-electron chi connectivity index (χ4n) is 1.12. The van der Waals surface area contributed by atoms with Crippen LogP contribution in [0.15, 0.2) is 6.20 Å². The Kier molecular flexibility index (Phi) is 2.72. The number of rotatable bonds is 2. The molecule has 0 unspecified atom stereocenters. The molecule has 80 valence electrons. The van der Waals surface area contributed by atoms with Crippen molar-refractivity contribution in [3.05, 3.63) is 9.90 Å². The lowest BCUT2D eigenvalue weighted by Gasteiger charge is -1.98. The summed E-state index contributed by atoms with van der Waals surface area (Å²) in [6, 6.07) is 0.223. The van der Waals surface area contributed by atoms with Crippen molar-refractivity contribution in [2.45, 2.75) is 19.9 Å². The number of aromatic nitrogens is 6. The van der Waals surface area contributed by atoms with Gasteiger partial charge in [0.25, 0.3) is 0 Å². The zero-order valence-electron chi connectivity index (χ0n) is 8.72. The molecule has 15 heavy (non-hydrogen) atoms. The van der Waals surface area contributed by atoms with E-state index in [2.05, 4.69) is 43.1 Å². The molecule has 2 aromatic rings. The van der Waals surface area contributed by atoms with Crippen molar-refractivity contribution in [1.82, 2.24) is 30.0 Å². The van der Waals surface area contributed by atoms with Crippen LogP contribution in [0.3, 0.4) is 0 Å². The molecule has 2 aromatic heterocycles. The summed E-state index contributed by atoms with van der Waals surface area (Å²) in [4.78, 5) is 1.60. The van der Waals surface area contributed by atoms with E-state index < -0.39 is 0 Å². The lowest BCUT2D eigenvalue weighted by atomic mass is 10.3. The highest BCUT2D eigenvalue weighted by Gasteiger charge is 2.13. The maximum absolute atomic E-state index is 4.29. The van der Waals surface area contributed by atoms with Gasteiger partial charge in [0.15, 0.2) is 0 Å². The van der Waals surface area contributed by atoms with Gasteiger partial charge in [0.2, 0.25) is 5.82 Å². The van der Waals surface area contributed by atoms with Crippen LogP contribution in [0.2, 0.25) is 0 Å². The molecule has 6 nitrogen and oxygen atoms in total. The molecule has 0 amide bonds. The lowest BCUT2D eigenvalue weighted by Crippen LogP contribution is -2.04. The van der Waals surface area contributed by atoms with Gasteiger partial charge in [0.1, 0.15) is 3.70 Å². The van der Waals surface area contributed by atoms with Crippen molar-refractivity contribution in [1.29, 1.82) is 0 Å². The maximum atomic E-state index is 4.29. The Labute approximate surface area is 101 Å². The van der Waals surface area contributed by atoms with E-state index in [0.29, 0.717) is 5.82 Å². The minimum absolute atomic E-state index is 0.223. The molecule has 0 aliphatic heterocycles. The van der Waals surface area contributed by atoms with E-state index in [9.17, 15) is 0 Å². The topological polar surface area (TPSA) is 61.4 Å². The number of tetrazole rings is 1. The van der Waals surface area contributed by atoms with Crippen molar-refractivity contribution in [3.63, 3.8) is 0 Å². The van der Waals surface area contributed by atoms with Gasteiger partial charge in [-0.1, -0.05) is 0 Å². The third-order valence-corrected chi connectivity index (χ3v) is 3.28. The van der Waals surface area contributed by atoms with E-state index in [0.717, 1.165) is 9.26 Å². The van der Waals surface area contributed by atoms with Crippen LogP contribution in [0.4, 0.5) is 0 Å². The minimum Gasteiger partial charge on any atom is -0.262 e. The van der Waals surface area contributed by atoms with Crippen LogP contribution >= 0.6 is 22.6 Å². The normalized spacial score (nSPS) is 11.3. The standard InChI is InChI=1S/C8H11IN6/c1-5(2)15-12-8(11-13-15)6-4-10-14(3)7(6)9/h4-5H,1-3H3. The first-order chi connectivity index (χ1) is 7.09. The second-order valence-corrected chi connectivity index (χ2v) is 4.52. The second kappa shape index (κ2) is 3.87. The number of hydrogen-bond acceptors (Lipinski definition) is 4. The Hall–Kier alpha value is -0.990. The molecular weight excluding hydrogens is 307 g/mol. The lowest BCUT2D eigenvalue weighted by molar-refractivity contribution is 0.455. The molecule has 0 radical (unpaired) electrons. The zero-order chi connectivity index (χ0) is 11.0. The molecule has 0 fully saturated rings. The Morgan fingerprint density at radius 1 is 1.40 bits per heavy atom. The zero-order valence-corrected chi connectivity index (χ0v) is 10.9. The van der Waals surface area contributed by atoms with Gasteiger partial charge in [-0.25, -0.2) is 0 Å². The van der Waals surface area contributed by atoms with Crippen molar-refractivity contribution in [2.75, 3.05) is 0 Å². The van der Waals surface area contributed by atoms with Gasteiger partial charge in [-0.15, -0.1) is 10.2 Å². The van der Waals surface area contributed by atoms with Crippen molar-refractivity contribution < 1.29 is 0 Å². The second-order valence-electron chi connectivity index (χ2n) is 3.50. The highest BCUT2D eigenvalue weighted by molar-refractivity contribution is 14.1. The minimum atomic E-state index is 0.223. The number of hydrogen-bond donors (Lipinski definition) is 0. The molecule has 0 bridgehead atoms. The molecule has 0 aliphatic rings. The Morgan fingerprint density at radius 2 is 2.13 bits per heavy atom. The quantitative estimate of drug-likeness (QED) is 0.782. The Balaban J connectivity index is 2.41. The molecule has 0 aromatic carbocycles. The first kappa shape index (κ1) is 10.5. The van der Waals surface area contributed by atoms with Crippen molar-refractivity contribution in [3.8, 4) is 11.4 Å². The molecule has 2 heterocycles. The Morgan fingerprint density at radius 3 is 2.60 bits per heavy atom. The average Bonchev–Trinajstić information content (AvgIpc) is 2.76. The SMILES string of the molecule is CC(C)n1nnc(-c2cnn(C)c2I)n1. The van der Waals surface area contributed by atoms with Gasteiger partial charge in [-0.05, 0) is 41.7 Å². The Bertz CT molecular complexity index is 471. The smallest absolute Gasteiger partial charge is 0.209 e. The third-order valence-electron chi connectivity index (χ3n) is 2.00. The molecule has 0 saturated heterocycles. The van der Waals surface area contributed by atoms with Gasteiger partial charge < -0.3 is 0 Å². The molecular formula is C8H11IN6. The fourth-order valence-corrected chi connectivity index (χ4v) is 1.63. The van der Waals surface area contributed by atoms with Gasteiger partial charge in [0.05, 0.1) is 17.8 Å². The summed E-state index contributed by atoms with van der Waals surface area (Å²) in [5, 5.41) is 16.4. The number of aryl methyl sites for hydroxylation is 1. The monoisotopic (exact) mass is 318 g/mol. The molecule has 0 N–H and O–H groups in total.